The highest BCUT2D eigenvalue weighted by atomic mass is 19.1. The number of phenols is 1. The van der Waals surface area contributed by atoms with Crippen LogP contribution < -0.4 is 20.1 Å². The Morgan fingerprint density at radius 2 is 1.85 bits per heavy atom. The first-order valence-electron chi connectivity index (χ1n) is 12.6. The summed E-state index contributed by atoms with van der Waals surface area (Å²) in [5, 5.41) is 20.7. The quantitative estimate of drug-likeness (QED) is 0.289. The molecule has 6 rings (SSSR count). The SMILES string of the molecule is O=C(Nc1ccc(O)c(-c2cc(C3CCC3)n(C(=O)NCc3ccccc3F)n2)c1)c1ccc2c(c1)OCO2. The maximum atomic E-state index is 14.0. The molecule has 4 aromatic rings. The number of carbonyl (C=O) groups excluding carboxylic acids is 2. The maximum absolute atomic E-state index is 14.0. The number of phenolic OH excluding ortho intramolecular Hbond substituents is 1. The lowest BCUT2D eigenvalue weighted by atomic mass is 9.82. The fourth-order valence-corrected chi connectivity index (χ4v) is 4.63. The van der Waals surface area contributed by atoms with Gasteiger partial charge in [0, 0.05) is 34.8 Å². The Kier molecular flexibility index (Phi) is 6.36. The van der Waals surface area contributed by atoms with E-state index in [2.05, 4.69) is 15.7 Å². The molecule has 9 nitrogen and oxygen atoms in total. The molecule has 0 spiro atoms. The fourth-order valence-electron chi connectivity index (χ4n) is 4.63. The summed E-state index contributed by atoms with van der Waals surface area (Å²) in [6.45, 7) is 0.121. The second-order valence-electron chi connectivity index (χ2n) is 9.50. The number of carbonyl (C=O) groups is 2. The van der Waals surface area contributed by atoms with Crippen LogP contribution in [0.3, 0.4) is 0 Å². The van der Waals surface area contributed by atoms with Crippen molar-refractivity contribution in [3.63, 3.8) is 0 Å². The number of benzene rings is 3. The maximum Gasteiger partial charge on any atom is 0.342 e. The van der Waals surface area contributed by atoms with Gasteiger partial charge in [-0.05, 0) is 61.4 Å². The zero-order valence-electron chi connectivity index (χ0n) is 20.8. The number of nitrogens with one attached hydrogen (secondary N) is 2. The van der Waals surface area contributed by atoms with Crippen molar-refractivity contribution in [3.05, 3.63) is 89.4 Å². The Morgan fingerprint density at radius 1 is 1.03 bits per heavy atom. The van der Waals surface area contributed by atoms with E-state index in [1.54, 1.807) is 54.6 Å². The molecule has 3 aromatic carbocycles. The van der Waals surface area contributed by atoms with E-state index in [0.29, 0.717) is 39.6 Å². The van der Waals surface area contributed by atoms with E-state index in [9.17, 15) is 19.1 Å². The van der Waals surface area contributed by atoms with Crippen molar-refractivity contribution < 1.29 is 28.6 Å². The minimum Gasteiger partial charge on any atom is -0.507 e. The summed E-state index contributed by atoms with van der Waals surface area (Å²) >= 11 is 0. The van der Waals surface area contributed by atoms with E-state index in [-0.39, 0.29) is 30.9 Å². The lowest BCUT2D eigenvalue weighted by Crippen LogP contribution is -2.31. The van der Waals surface area contributed by atoms with E-state index < -0.39 is 11.8 Å². The normalized spacial score (nSPS) is 14.1. The largest absolute Gasteiger partial charge is 0.507 e. The van der Waals surface area contributed by atoms with Gasteiger partial charge < -0.3 is 25.2 Å². The predicted molar refractivity (Wildman–Crippen MR) is 140 cm³/mol. The van der Waals surface area contributed by atoms with Crippen molar-refractivity contribution in [2.75, 3.05) is 12.1 Å². The molecule has 2 amide bonds. The summed E-state index contributed by atoms with van der Waals surface area (Å²) < 4.78 is 26.0. The van der Waals surface area contributed by atoms with Gasteiger partial charge in [0.15, 0.2) is 11.5 Å². The topological polar surface area (TPSA) is 115 Å². The third-order valence-corrected chi connectivity index (χ3v) is 7.01. The van der Waals surface area contributed by atoms with E-state index in [4.69, 9.17) is 9.47 Å². The summed E-state index contributed by atoms with van der Waals surface area (Å²) in [6, 6.07) is 17.1. The summed E-state index contributed by atoms with van der Waals surface area (Å²) in [7, 11) is 0. The minimum absolute atomic E-state index is 0.0113. The molecular formula is C29H25FN4O5. The molecular weight excluding hydrogens is 503 g/mol. The number of hydrogen-bond donors (Lipinski definition) is 3. The number of rotatable bonds is 6. The third kappa shape index (κ3) is 4.88. The molecule has 1 aliphatic carbocycles. The van der Waals surface area contributed by atoms with Crippen LogP contribution >= 0.6 is 0 Å². The van der Waals surface area contributed by atoms with Crippen LogP contribution in [0.5, 0.6) is 17.2 Å². The zero-order valence-corrected chi connectivity index (χ0v) is 20.8. The molecule has 0 radical (unpaired) electrons. The molecule has 3 N–H and O–H groups in total. The molecule has 1 aromatic heterocycles. The molecule has 0 saturated heterocycles. The van der Waals surface area contributed by atoms with Gasteiger partial charge in [-0.15, -0.1) is 0 Å². The van der Waals surface area contributed by atoms with Crippen LogP contribution in [0.1, 0.15) is 46.8 Å². The van der Waals surface area contributed by atoms with Gasteiger partial charge in [-0.1, -0.05) is 24.6 Å². The van der Waals surface area contributed by atoms with Crippen molar-refractivity contribution in [3.8, 4) is 28.5 Å². The zero-order chi connectivity index (χ0) is 26.9. The van der Waals surface area contributed by atoms with Gasteiger partial charge >= 0.3 is 6.03 Å². The Labute approximate surface area is 223 Å². The highest BCUT2D eigenvalue weighted by molar-refractivity contribution is 6.05. The molecule has 1 saturated carbocycles. The van der Waals surface area contributed by atoms with E-state index >= 15 is 0 Å². The second-order valence-corrected chi connectivity index (χ2v) is 9.50. The molecule has 2 aliphatic rings. The van der Waals surface area contributed by atoms with Crippen molar-refractivity contribution in [2.24, 2.45) is 0 Å². The van der Waals surface area contributed by atoms with Crippen molar-refractivity contribution >= 4 is 17.6 Å². The third-order valence-electron chi connectivity index (χ3n) is 7.01. The fraction of sp³-hybridized carbons (Fsp3) is 0.207. The number of hydrogen-bond acceptors (Lipinski definition) is 6. The first-order chi connectivity index (χ1) is 19.0. The molecule has 198 valence electrons. The molecule has 39 heavy (non-hydrogen) atoms. The average molecular weight is 529 g/mol. The molecule has 10 heteroatoms. The lowest BCUT2D eigenvalue weighted by molar-refractivity contribution is 0.102. The Bertz CT molecular complexity index is 1580. The van der Waals surface area contributed by atoms with Crippen molar-refractivity contribution in [1.29, 1.82) is 0 Å². The number of ether oxygens (including phenoxy) is 2. The van der Waals surface area contributed by atoms with E-state index in [0.717, 1.165) is 25.0 Å². The Hall–Kier alpha value is -4.86. The van der Waals surface area contributed by atoms with Crippen molar-refractivity contribution in [1.82, 2.24) is 15.1 Å². The van der Waals surface area contributed by atoms with E-state index in [1.807, 2.05) is 0 Å². The van der Waals surface area contributed by atoms with Gasteiger partial charge in [-0.3, -0.25) is 4.79 Å². The number of nitrogens with zero attached hydrogens (tertiary/aromatic N) is 2. The molecule has 0 bridgehead atoms. The van der Waals surface area contributed by atoms with Crippen LogP contribution in [0.2, 0.25) is 0 Å². The predicted octanol–water partition coefficient (Wildman–Crippen LogP) is 5.40. The molecule has 2 heterocycles. The highest BCUT2D eigenvalue weighted by Gasteiger charge is 2.28. The van der Waals surface area contributed by atoms with Crippen LogP contribution in [-0.4, -0.2) is 33.6 Å². The smallest absolute Gasteiger partial charge is 0.342 e. The number of halogens is 1. The molecule has 0 unspecified atom stereocenters. The van der Waals surface area contributed by atoms with Crippen LogP contribution in [0, 0.1) is 5.82 Å². The first-order valence-corrected chi connectivity index (χ1v) is 12.6. The second kappa shape index (κ2) is 10.1. The standard InChI is InChI=1S/C29H25FN4O5/c30-22-7-2-1-4-19(22)15-31-29(37)34-24(17-5-3-6-17)14-23(33-34)21-13-20(9-10-25(21)35)32-28(36)18-8-11-26-27(12-18)39-16-38-26/h1-2,4,7-14,17,35H,3,5-6,15-16H2,(H,31,37)(H,32,36). The highest BCUT2D eigenvalue weighted by Crippen LogP contribution is 2.39. The number of amides is 2. The lowest BCUT2D eigenvalue weighted by Gasteiger charge is -2.25. The summed E-state index contributed by atoms with van der Waals surface area (Å²) in [4.78, 5) is 26.0. The van der Waals surface area contributed by atoms with Crippen LogP contribution in [0.15, 0.2) is 66.7 Å². The van der Waals surface area contributed by atoms with Crippen molar-refractivity contribution in [2.45, 2.75) is 31.7 Å². The van der Waals surface area contributed by atoms with Crippen LogP contribution in [-0.2, 0) is 6.54 Å². The number of fused-ring (bicyclic) bond motifs is 1. The van der Waals surface area contributed by atoms with Gasteiger partial charge in [-0.25, -0.2) is 9.18 Å². The van der Waals surface area contributed by atoms with Gasteiger partial charge in [-0.2, -0.15) is 9.78 Å². The summed E-state index contributed by atoms with van der Waals surface area (Å²) in [6.07, 6.45) is 2.89. The molecule has 1 aliphatic heterocycles. The minimum atomic E-state index is -0.488. The average Bonchev–Trinajstić information content (AvgIpc) is 3.55. The molecule has 0 atom stereocenters. The van der Waals surface area contributed by atoms with E-state index in [1.165, 1.54) is 16.8 Å². The van der Waals surface area contributed by atoms with Crippen LogP contribution in [0.4, 0.5) is 14.9 Å². The van der Waals surface area contributed by atoms with Gasteiger partial charge in [0.05, 0.1) is 11.4 Å². The van der Waals surface area contributed by atoms with Gasteiger partial charge in [0.25, 0.3) is 5.91 Å². The number of anilines is 1. The number of aromatic nitrogens is 2. The Morgan fingerprint density at radius 3 is 2.64 bits per heavy atom. The summed E-state index contributed by atoms with van der Waals surface area (Å²) in [5.74, 6) is 0.417. The van der Waals surface area contributed by atoms with Gasteiger partial charge in [0.1, 0.15) is 11.6 Å². The molecule has 1 fully saturated rings. The number of aromatic hydroxyl groups is 1. The first kappa shape index (κ1) is 24.5. The van der Waals surface area contributed by atoms with Crippen LogP contribution in [0.25, 0.3) is 11.3 Å². The monoisotopic (exact) mass is 528 g/mol. The summed E-state index contributed by atoms with van der Waals surface area (Å²) in [5.41, 5.74) is 2.66. The Balaban J connectivity index is 1.25. The van der Waals surface area contributed by atoms with Gasteiger partial charge in [0.2, 0.25) is 6.79 Å².